The fourth-order valence-electron chi connectivity index (χ4n) is 1.31. The molecule has 0 fully saturated rings. The minimum absolute atomic E-state index is 0.223. The standard InChI is InChI=1S/C10H13N5O2S/c1-17-9(16)3-2-7-5-18-10(14-7)11-4-8-12-6-13-15-8/h5-6H,2-4H2,1H3,(H,11,14)(H,12,13,15). The highest BCUT2D eigenvalue weighted by atomic mass is 32.1. The number of thiazole rings is 1. The molecule has 0 saturated heterocycles. The predicted molar refractivity (Wildman–Crippen MR) is 66.2 cm³/mol. The van der Waals surface area contributed by atoms with E-state index in [1.165, 1.54) is 24.8 Å². The second-order valence-corrected chi connectivity index (χ2v) is 4.36. The summed E-state index contributed by atoms with van der Waals surface area (Å²) in [5, 5.41) is 12.4. The van der Waals surface area contributed by atoms with Crippen LogP contribution in [0.15, 0.2) is 11.7 Å². The smallest absolute Gasteiger partial charge is 0.305 e. The summed E-state index contributed by atoms with van der Waals surface area (Å²) in [6, 6.07) is 0. The van der Waals surface area contributed by atoms with E-state index in [-0.39, 0.29) is 5.97 Å². The first-order valence-corrected chi connectivity index (χ1v) is 6.25. The zero-order valence-electron chi connectivity index (χ0n) is 9.84. The average Bonchev–Trinajstić information content (AvgIpc) is 3.04. The molecule has 0 aliphatic heterocycles. The number of H-pyrrole nitrogens is 1. The predicted octanol–water partition coefficient (Wildman–Crippen LogP) is 0.979. The number of carbonyl (C=O) groups excluding carboxylic acids is 1. The number of aromatic amines is 1. The number of hydrogen-bond donors (Lipinski definition) is 2. The molecule has 0 aliphatic rings. The van der Waals surface area contributed by atoms with E-state index in [2.05, 4.69) is 30.2 Å². The molecule has 2 aromatic heterocycles. The highest BCUT2D eigenvalue weighted by Gasteiger charge is 2.06. The van der Waals surface area contributed by atoms with E-state index in [0.717, 1.165) is 16.6 Å². The number of aryl methyl sites for hydroxylation is 1. The molecule has 2 rings (SSSR count). The largest absolute Gasteiger partial charge is 0.469 e. The molecule has 18 heavy (non-hydrogen) atoms. The van der Waals surface area contributed by atoms with Crippen molar-refractivity contribution in [2.75, 3.05) is 12.4 Å². The highest BCUT2D eigenvalue weighted by molar-refractivity contribution is 7.13. The van der Waals surface area contributed by atoms with Crippen molar-refractivity contribution in [2.45, 2.75) is 19.4 Å². The van der Waals surface area contributed by atoms with Gasteiger partial charge in [-0.15, -0.1) is 11.3 Å². The van der Waals surface area contributed by atoms with Crippen LogP contribution in [-0.2, 0) is 22.5 Å². The number of ether oxygens (including phenoxy) is 1. The summed E-state index contributed by atoms with van der Waals surface area (Å²) in [7, 11) is 1.38. The van der Waals surface area contributed by atoms with Gasteiger partial charge in [0.1, 0.15) is 12.2 Å². The van der Waals surface area contributed by atoms with Gasteiger partial charge in [-0.3, -0.25) is 9.89 Å². The van der Waals surface area contributed by atoms with Gasteiger partial charge < -0.3 is 10.1 Å². The number of anilines is 1. The maximum Gasteiger partial charge on any atom is 0.305 e. The summed E-state index contributed by atoms with van der Waals surface area (Å²) in [6.07, 6.45) is 2.40. The van der Waals surface area contributed by atoms with Gasteiger partial charge in [0.25, 0.3) is 0 Å². The molecule has 0 aromatic carbocycles. The van der Waals surface area contributed by atoms with E-state index in [4.69, 9.17) is 0 Å². The first-order chi connectivity index (χ1) is 8.78. The zero-order valence-corrected chi connectivity index (χ0v) is 10.7. The molecular weight excluding hydrogens is 254 g/mol. The molecule has 0 amide bonds. The summed E-state index contributed by atoms with van der Waals surface area (Å²) in [5.74, 6) is 0.528. The number of esters is 1. The summed E-state index contributed by atoms with van der Waals surface area (Å²) >= 11 is 1.49. The third-order valence-corrected chi connectivity index (χ3v) is 3.09. The number of methoxy groups -OCH3 is 1. The van der Waals surface area contributed by atoms with Crippen molar-refractivity contribution in [3.8, 4) is 0 Å². The Balaban J connectivity index is 1.80. The Bertz CT molecular complexity index is 496. The number of nitrogens with one attached hydrogen (secondary N) is 2. The van der Waals surface area contributed by atoms with Crippen molar-refractivity contribution in [3.05, 3.63) is 23.2 Å². The van der Waals surface area contributed by atoms with Crippen LogP contribution < -0.4 is 5.32 Å². The van der Waals surface area contributed by atoms with E-state index in [1.807, 2.05) is 5.38 Å². The maximum atomic E-state index is 11.0. The van der Waals surface area contributed by atoms with Crippen LogP contribution in [0.2, 0.25) is 0 Å². The molecule has 0 aliphatic carbocycles. The van der Waals surface area contributed by atoms with Crippen LogP contribution >= 0.6 is 11.3 Å². The lowest BCUT2D eigenvalue weighted by atomic mass is 10.2. The molecule has 7 nitrogen and oxygen atoms in total. The normalized spacial score (nSPS) is 10.3. The summed E-state index contributed by atoms with van der Waals surface area (Å²) in [4.78, 5) is 19.3. The Morgan fingerprint density at radius 2 is 2.50 bits per heavy atom. The Kier molecular flexibility index (Phi) is 4.24. The fourth-order valence-corrected chi connectivity index (χ4v) is 2.05. The molecule has 0 atom stereocenters. The van der Waals surface area contributed by atoms with Crippen molar-refractivity contribution in [3.63, 3.8) is 0 Å². The summed E-state index contributed by atoms with van der Waals surface area (Å²) in [5.41, 5.74) is 0.880. The molecule has 96 valence electrons. The molecule has 0 bridgehead atoms. The lowest BCUT2D eigenvalue weighted by Crippen LogP contribution is -2.03. The number of carbonyl (C=O) groups is 1. The minimum atomic E-state index is -0.223. The third kappa shape index (κ3) is 3.52. The van der Waals surface area contributed by atoms with Crippen molar-refractivity contribution in [1.82, 2.24) is 20.2 Å². The number of nitrogens with zero attached hydrogens (tertiary/aromatic N) is 3. The van der Waals surface area contributed by atoms with Gasteiger partial charge >= 0.3 is 5.97 Å². The van der Waals surface area contributed by atoms with Crippen LogP contribution in [0.5, 0.6) is 0 Å². The molecule has 8 heteroatoms. The highest BCUT2D eigenvalue weighted by Crippen LogP contribution is 2.17. The lowest BCUT2D eigenvalue weighted by molar-refractivity contribution is -0.140. The molecule has 0 unspecified atom stereocenters. The van der Waals surface area contributed by atoms with Crippen LogP contribution in [0.25, 0.3) is 0 Å². The molecular formula is C10H13N5O2S. The first-order valence-electron chi connectivity index (χ1n) is 5.37. The zero-order chi connectivity index (χ0) is 12.8. The van der Waals surface area contributed by atoms with Gasteiger partial charge in [0.05, 0.1) is 25.8 Å². The third-order valence-electron chi connectivity index (χ3n) is 2.24. The number of hydrogen-bond acceptors (Lipinski definition) is 7. The van der Waals surface area contributed by atoms with E-state index < -0.39 is 0 Å². The fraction of sp³-hybridized carbons (Fsp3) is 0.400. The van der Waals surface area contributed by atoms with E-state index in [9.17, 15) is 4.79 Å². The Morgan fingerprint density at radius 1 is 1.61 bits per heavy atom. The van der Waals surface area contributed by atoms with Gasteiger partial charge in [-0.2, -0.15) is 5.10 Å². The molecule has 0 spiro atoms. The first kappa shape index (κ1) is 12.5. The number of rotatable bonds is 6. The topological polar surface area (TPSA) is 92.8 Å². The van der Waals surface area contributed by atoms with E-state index in [1.54, 1.807) is 0 Å². The molecule has 2 heterocycles. The van der Waals surface area contributed by atoms with Crippen molar-refractivity contribution in [2.24, 2.45) is 0 Å². The summed E-state index contributed by atoms with van der Waals surface area (Å²) in [6.45, 7) is 0.546. The van der Waals surface area contributed by atoms with Crippen LogP contribution in [0.3, 0.4) is 0 Å². The minimum Gasteiger partial charge on any atom is -0.469 e. The molecule has 2 aromatic rings. The Hall–Kier alpha value is -1.96. The van der Waals surface area contributed by atoms with Crippen molar-refractivity contribution < 1.29 is 9.53 Å². The van der Waals surface area contributed by atoms with Crippen LogP contribution in [0.1, 0.15) is 17.9 Å². The van der Waals surface area contributed by atoms with Gasteiger partial charge in [0.2, 0.25) is 0 Å². The van der Waals surface area contributed by atoms with Gasteiger partial charge in [0.15, 0.2) is 5.13 Å². The summed E-state index contributed by atoms with van der Waals surface area (Å²) < 4.78 is 4.58. The molecule has 2 N–H and O–H groups in total. The van der Waals surface area contributed by atoms with Crippen molar-refractivity contribution in [1.29, 1.82) is 0 Å². The Labute approximate surface area is 108 Å². The lowest BCUT2D eigenvalue weighted by Gasteiger charge is -1.98. The Morgan fingerprint density at radius 3 is 3.22 bits per heavy atom. The quantitative estimate of drug-likeness (QED) is 0.758. The van der Waals surface area contributed by atoms with Crippen molar-refractivity contribution >= 4 is 22.4 Å². The van der Waals surface area contributed by atoms with Gasteiger partial charge in [-0.25, -0.2) is 9.97 Å². The SMILES string of the molecule is COC(=O)CCc1csc(NCc2ncn[nH]2)n1. The van der Waals surface area contributed by atoms with E-state index >= 15 is 0 Å². The molecule has 0 radical (unpaired) electrons. The van der Waals surface area contributed by atoms with Crippen LogP contribution in [0, 0.1) is 0 Å². The van der Waals surface area contributed by atoms with E-state index in [0.29, 0.717) is 19.4 Å². The number of aromatic nitrogens is 4. The van der Waals surface area contributed by atoms with Gasteiger partial charge in [-0.1, -0.05) is 0 Å². The van der Waals surface area contributed by atoms with Gasteiger partial charge in [0, 0.05) is 11.8 Å². The van der Waals surface area contributed by atoms with Crippen LogP contribution in [0.4, 0.5) is 5.13 Å². The van der Waals surface area contributed by atoms with Gasteiger partial charge in [-0.05, 0) is 0 Å². The van der Waals surface area contributed by atoms with Crippen LogP contribution in [-0.4, -0.2) is 33.2 Å². The average molecular weight is 267 g/mol. The molecule has 0 saturated carbocycles. The maximum absolute atomic E-state index is 11.0. The second kappa shape index (κ2) is 6.10. The second-order valence-electron chi connectivity index (χ2n) is 3.51. The monoisotopic (exact) mass is 267 g/mol.